The van der Waals surface area contributed by atoms with Crippen LogP contribution in [-0.2, 0) is 17.2 Å². The number of ether oxygens (including phenoxy) is 1. The molecule has 0 bridgehead atoms. The lowest BCUT2D eigenvalue weighted by atomic mass is 9.89. The maximum Gasteiger partial charge on any atom is 0.338 e. The molecule has 0 radical (unpaired) electrons. The number of benzene rings is 2. The normalized spacial score (nSPS) is 21.4. The number of halogens is 2. The molecular formula is C28H38F2N2O2. The number of likely N-dealkylation sites (tertiary alicyclic amines) is 1. The van der Waals surface area contributed by atoms with Gasteiger partial charge in [0, 0.05) is 48.9 Å². The fourth-order valence-electron chi connectivity index (χ4n) is 5.31. The molecule has 1 aliphatic heterocycles. The first-order valence-electron chi connectivity index (χ1n) is 12.3. The molecule has 2 aromatic rings. The molecule has 3 rings (SSSR count). The first kappa shape index (κ1) is 26.1. The zero-order valence-corrected chi connectivity index (χ0v) is 21.3. The summed E-state index contributed by atoms with van der Waals surface area (Å²) in [6, 6.07) is 14.2. The molecule has 0 amide bonds. The van der Waals surface area contributed by atoms with Crippen molar-refractivity contribution in [3.05, 3.63) is 64.7 Å². The zero-order valence-electron chi connectivity index (χ0n) is 21.3. The Balaban J connectivity index is 1.94. The molecule has 1 saturated heterocycles. The standard InChI is InChI=1S/C28H38F2N2O2/c1-7-28(29,30)23-16-25(27(33)34-6)21(5)26(17-23)31(8-2)24-14-19(3)32(20(4)15-24)18-22-12-10-9-11-13-22/h9-13,16-17,19-20,24H,7-8,14-15,18H2,1-6H3/t19-,20+,24?. The number of nitrogens with zero attached hydrogens (tertiary/aromatic N) is 2. The van der Waals surface area contributed by atoms with Crippen molar-refractivity contribution >= 4 is 11.7 Å². The van der Waals surface area contributed by atoms with E-state index < -0.39 is 11.9 Å². The van der Waals surface area contributed by atoms with Crippen molar-refractivity contribution < 1.29 is 18.3 Å². The Morgan fingerprint density at radius 1 is 1.12 bits per heavy atom. The van der Waals surface area contributed by atoms with E-state index in [1.54, 1.807) is 6.07 Å². The summed E-state index contributed by atoms with van der Waals surface area (Å²) < 4.78 is 34.4. The summed E-state index contributed by atoms with van der Waals surface area (Å²) in [6.07, 6.45) is 1.52. The summed E-state index contributed by atoms with van der Waals surface area (Å²) in [5, 5.41) is 0. The highest BCUT2D eigenvalue weighted by molar-refractivity contribution is 5.93. The Hall–Kier alpha value is -2.47. The van der Waals surface area contributed by atoms with Crippen molar-refractivity contribution in [3.63, 3.8) is 0 Å². The average molecular weight is 473 g/mol. The maximum absolute atomic E-state index is 14.8. The number of alkyl halides is 2. The zero-order chi connectivity index (χ0) is 25.0. The van der Waals surface area contributed by atoms with Crippen LogP contribution in [0.3, 0.4) is 0 Å². The molecule has 1 heterocycles. The average Bonchev–Trinajstić information content (AvgIpc) is 2.83. The Bertz CT molecular complexity index is 968. The molecule has 1 fully saturated rings. The molecule has 1 unspecified atom stereocenters. The van der Waals surface area contributed by atoms with Crippen LogP contribution < -0.4 is 4.90 Å². The van der Waals surface area contributed by atoms with Crippen molar-refractivity contribution in [2.75, 3.05) is 18.6 Å². The number of anilines is 1. The van der Waals surface area contributed by atoms with Crippen LogP contribution in [0.1, 0.15) is 74.0 Å². The Morgan fingerprint density at radius 3 is 2.26 bits per heavy atom. The minimum absolute atomic E-state index is 0.128. The van der Waals surface area contributed by atoms with Gasteiger partial charge in [-0.3, -0.25) is 4.90 Å². The van der Waals surface area contributed by atoms with E-state index in [9.17, 15) is 13.6 Å². The van der Waals surface area contributed by atoms with Crippen molar-refractivity contribution in [2.45, 2.75) is 84.5 Å². The summed E-state index contributed by atoms with van der Waals surface area (Å²) >= 11 is 0. The van der Waals surface area contributed by atoms with E-state index in [1.807, 2.05) is 19.9 Å². The van der Waals surface area contributed by atoms with E-state index in [4.69, 9.17) is 4.74 Å². The molecule has 0 saturated carbocycles. The minimum Gasteiger partial charge on any atom is -0.465 e. The van der Waals surface area contributed by atoms with Gasteiger partial charge in [0.1, 0.15) is 0 Å². The molecular weight excluding hydrogens is 434 g/mol. The quantitative estimate of drug-likeness (QED) is 0.408. The van der Waals surface area contributed by atoms with Crippen LogP contribution >= 0.6 is 0 Å². The number of carbonyl (C=O) groups is 1. The van der Waals surface area contributed by atoms with Gasteiger partial charge in [-0.15, -0.1) is 0 Å². The van der Waals surface area contributed by atoms with Gasteiger partial charge in [0.05, 0.1) is 12.7 Å². The van der Waals surface area contributed by atoms with Crippen molar-refractivity contribution in [2.24, 2.45) is 0 Å². The SMILES string of the molecule is CCN(c1cc(C(F)(F)CC)cc(C(=O)OC)c1C)C1C[C@@H](C)N(Cc2ccccc2)[C@@H](C)C1. The highest BCUT2D eigenvalue weighted by Crippen LogP contribution is 2.39. The van der Waals surface area contributed by atoms with Crippen LogP contribution in [0.4, 0.5) is 14.5 Å². The van der Waals surface area contributed by atoms with E-state index in [2.05, 4.69) is 47.9 Å². The van der Waals surface area contributed by atoms with Crippen LogP contribution in [0.25, 0.3) is 0 Å². The van der Waals surface area contributed by atoms with Gasteiger partial charge >= 0.3 is 5.97 Å². The third-order valence-electron chi connectivity index (χ3n) is 7.31. The first-order valence-corrected chi connectivity index (χ1v) is 12.3. The van der Waals surface area contributed by atoms with Gasteiger partial charge in [0.15, 0.2) is 0 Å². The molecule has 0 N–H and O–H groups in total. The van der Waals surface area contributed by atoms with E-state index >= 15 is 0 Å². The van der Waals surface area contributed by atoms with Gasteiger partial charge in [0.25, 0.3) is 5.92 Å². The van der Waals surface area contributed by atoms with Gasteiger partial charge in [-0.05, 0) is 63.8 Å². The second-order valence-corrected chi connectivity index (χ2v) is 9.48. The largest absolute Gasteiger partial charge is 0.465 e. The fourth-order valence-corrected chi connectivity index (χ4v) is 5.31. The van der Waals surface area contributed by atoms with Crippen molar-refractivity contribution in [3.8, 4) is 0 Å². The summed E-state index contributed by atoms with van der Waals surface area (Å²) in [5.74, 6) is -3.59. The van der Waals surface area contributed by atoms with Gasteiger partial charge in [0.2, 0.25) is 0 Å². The molecule has 6 heteroatoms. The topological polar surface area (TPSA) is 32.8 Å². The lowest BCUT2D eigenvalue weighted by Gasteiger charge is -2.47. The highest BCUT2D eigenvalue weighted by Gasteiger charge is 2.36. The molecule has 1 aliphatic rings. The van der Waals surface area contributed by atoms with Gasteiger partial charge in [-0.2, -0.15) is 0 Å². The second kappa shape index (κ2) is 10.9. The van der Waals surface area contributed by atoms with Gasteiger partial charge in [-0.1, -0.05) is 37.3 Å². The van der Waals surface area contributed by atoms with E-state index in [-0.39, 0.29) is 23.6 Å². The number of piperidine rings is 1. The van der Waals surface area contributed by atoms with Crippen LogP contribution in [0, 0.1) is 6.92 Å². The number of rotatable bonds is 8. The van der Waals surface area contributed by atoms with Gasteiger partial charge in [-0.25, -0.2) is 13.6 Å². The number of hydrogen-bond acceptors (Lipinski definition) is 4. The summed E-state index contributed by atoms with van der Waals surface area (Å²) in [6.45, 7) is 11.4. The molecule has 0 aliphatic carbocycles. The van der Waals surface area contributed by atoms with Crippen LogP contribution in [0.15, 0.2) is 42.5 Å². The maximum atomic E-state index is 14.8. The molecule has 0 aromatic heterocycles. The Kier molecular flexibility index (Phi) is 8.34. The molecule has 3 atom stereocenters. The predicted octanol–water partition coefficient (Wildman–Crippen LogP) is 6.55. The number of hydrogen-bond donors (Lipinski definition) is 0. The van der Waals surface area contributed by atoms with E-state index in [0.717, 1.165) is 19.4 Å². The fraction of sp³-hybridized carbons (Fsp3) is 0.536. The third kappa shape index (κ3) is 5.43. The second-order valence-electron chi connectivity index (χ2n) is 9.48. The Labute approximate surface area is 202 Å². The van der Waals surface area contributed by atoms with Crippen LogP contribution in [-0.4, -0.2) is 42.6 Å². The summed E-state index contributed by atoms with van der Waals surface area (Å²) in [5.41, 5.74) is 2.77. The van der Waals surface area contributed by atoms with E-state index in [1.165, 1.54) is 25.7 Å². The van der Waals surface area contributed by atoms with Crippen molar-refractivity contribution in [1.82, 2.24) is 4.90 Å². The van der Waals surface area contributed by atoms with Crippen LogP contribution in [0.5, 0.6) is 0 Å². The lowest BCUT2D eigenvalue weighted by molar-refractivity contribution is -0.00835. The van der Waals surface area contributed by atoms with Crippen LogP contribution in [0.2, 0.25) is 0 Å². The molecule has 34 heavy (non-hydrogen) atoms. The monoisotopic (exact) mass is 472 g/mol. The smallest absolute Gasteiger partial charge is 0.338 e. The number of carbonyl (C=O) groups excluding carboxylic acids is 1. The molecule has 4 nitrogen and oxygen atoms in total. The Morgan fingerprint density at radius 2 is 1.74 bits per heavy atom. The van der Waals surface area contributed by atoms with E-state index in [0.29, 0.717) is 29.9 Å². The summed E-state index contributed by atoms with van der Waals surface area (Å²) in [4.78, 5) is 17.2. The minimum atomic E-state index is -3.01. The number of methoxy groups -OCH3 is 1. The van der Waals surface area contributed by atoms with Crippen molar-refractivity contribution in [1.29, 1.82) is 0 Å². The summed E-state index contributed by atoms with van der Waals surface area (Å²) in [7, 11) is 1.29. The lowest BCUT2D eigenvalue weighted by Crippen LogP contribution is -2.53. The molecule has 186 valence electrons. The molecule has 2 aromatic carbocycles. The van der Waals surface area contributed by atoms with Gasteiger partial charge < -0.3 is 9.64 Å². The predicted molar refractivity (Wildman–Crippen MR) is 134 cm³/mol. The number of esters is 1. The molecule has 0 spiro atoms. The highest BCUT2D eigenvalue weighted by atomic mass is 19.3. The third-order valence-corrected chi connectivity index (χ3v) is 7.31. The first-order chi connectivity index (χ1) is 16.1.